The van der Waals surface area contributed by atoms with E-state index in [4.69, 9.17) is 4.74 Å². The normalized spacial score (nSPS) is 18.4. The average molecular weight is 299 g/mol. The van der Waals surface area contributed by atoms with Gasteiger partial charge in [-0.05, 0) is 26.8 Å². The molecule has 2 rings (SSSR count). The van der Waals surface area contributed by atoms with E-state index in [2.05, 4.69) is 5.10 Å². The van der Waals surface area contributed by atoms with Crippen molar-refractivity contribution >= 4 is 11.7 Å². The molecule has 1 aromatic rings. The maximum absolute atomic E-state index is 14.2. The Labute approximate surface area is 122 Å². The van der Waals surface area contributed by atoms with Crippen LogP contribution in [0.15, 0.2) is 18.3 Å². The zero-order valence-electron chi connectivity index (χ0n) is 12.6. The second-order valence-electron chi connectivity index (χ2n) is 6.06. The van der Waals surface area contributed by atoms with Crippen molar-refractivity contribution in [3.8, 4) is 0 Å². The zero-order chi connectivity index (χ0) is 15.8. The van der Waals surface area contributed by atoms with E-state index in [0.717, 1.165) is 4.90 Å². The van der Waals surface area contributed by atoms with Gasteiger partial charge in [0.1, 0.15) is 5.60 Å². The summed E-state index contributed by atoms with van der Waals surface area (Å²) < 4.78 is 35.1. The van der Waals surface area contributed by atoms with Crippen LogP contribution >= 0.6 is 0 Å². The average Bonchev–Trinajstić information content (AvgIpc) is 2.71. The topological polar surface area (TPSA) is 47.4 Å². The molecule has 0 fully saturated rings. The fourth-order valence-electron chi connectivity index (χ4n) is 2.06. The van der Waals surface area contributed by atoms with Crippen molar-refractivity contribution in [3.05, 3.63) is 24.0 Å². The fraction of sp³-hybridized carbons (Fsp3) is 0.571. The molecule has 0 saturated carbocycles. The van der Waals surface area contributed by atoms with Crippen LogP contribution in [0.25, 0.3) is 5.57 Å². The van der Waals surface area contributed by atoms with Gasteiger partial charge in [-0.15, -0.1) is 0 Å². The van der Waals surface area contributed by atoms with Gasteiger partial charge in [-0.25, -0.2) is 4.79 Å². The summed E-state index contributed by atoms with van der Waals surface area (Å²) in [6, 6.07) is 1.53. The van der Waals surface area contributed by atoms with Crippen LogP contribution in [0.2, 0.25) is 0 Å². The molecular weight excluding hydrogens is 280 g/mol. The van der Waals surface area contributed by atoms with Crippen LogP contribution in [0.4, 0.5) is 13.6 Å². The summed E-state index contributed by atoms with van der Waals surface area (Å²) in [5, 5.41) is 3.99. The van der Waals surface area contributed by atoms with Gasteiger partial charge >= 0.3 is 6.09 Å². The van der Waals surface area contributed by atoms with E-state index in [1.54, 1.807) is 34.0 Å². The number of alkyl halides is 2. The highest BCUT2D eigenvalue weighted by molar-refractivity contribution is 5.74. The van der Waals surface area contributed by atoms with Crippen LogP contribution in [0.3, 0.4) is 0 Å². The molecule has 1 aliphatic heterocycles. The molecule has 7 heteroatoms. The predicted octanol–water partition coefficient (Wildman–Crippen LogP) is 2.69. The van der Waals surface area contributed by atoms with Crippen molar-refractivity contribution in [2.75, 3.05) is 13.1 Å². The van der Waals surface area contributed by atoms with Gasteiger partial charge in [0.15, 0.2) is 0 Å². The number of carbonyl (C=O) groups is 1. The first-order valence-electron chi connectivity index (χ1n) is 6.65. The molecule has 0 aromatic carbocycles. The van der Waals surface area contributed by atoms with E-state index >= 15 is 0 Å². The molecule has 0 radical (unpaired) electrons. The summed E-state index contributed by atoms with van der Waals surface area (Å²) in [7, 11) is 1.66. The minimum Gasteiger partial charge on any atom is -0.444 e. The van der Waals surface area contributed by atoms with E-state index in [0.29, 0.717) is 0 Å². The van der Waals surface area contributed by atoms with E-state index in [1.165, 1.54) is 16.8 Å². The van der Waals surface area contributed by atoms with Gasteiger partial charge in [0.2, 0.25) is 0 Å². The number of halogens is 2. The molecule has 0 aliphatic carbocycles. The third-order valence-corrected chi connectivity index (χ3v) is 2.94. The highest BCUT2D eigenvalue weighted by Gasteiger charge is 2.43. The van der Waals surface area contributed by atoms with Crippen molar-refractivity contribution in [2.45, 2.75) is 32.3 Å². The molecule has 116 valence electrons. The number of nitrogens with zero attached hydrogens (tertiary/aromatic N) is 3. The quantitative estimate of drug-likeness (QED) is 0.801. The molecule has 0 N–H and O–H groups in total. The lowest BCUT2D eigenvalue weighted by molar-refractivity contribution is -0.0106. The van der Waals surface area contributed by atoms with E-state index in [-0.39, 0.29) is 17.8 Å². The lowest BCUT2D eigenvalue weighted by Gasteiger charge is -2.33. The number of aromatic nitrogens is 2. The number of ether oxygens (including phenoxy) is 1. The first kappa shape index (κ1) is 15.5. The Kier molecular flexibility index (Phi) is 3.78. The third-order valence-electron chi connectivity index (χ3n) is 2.94. The van der Waals surface area contributed by atoms with Crippen molar-refractivity contribution in [3.63, 3.8) is 0 Å². The van der Waals surface area contributed by atoms with Crippen molar-refractivity contribution in [2.24, 2.45) is 7.05 Å². The van der Waals surface area contributed by atoms with Crippen LogP contribution < -0.4 is 0 Å². The second-order valence-corrected chi connectivity index (χ2v) is 6.06. The molecule has 2 heterocycles. The molecular formula is C14H19F2N3O2. The molecule has 21 heavy (non-hydrogen) atoms. The van der Waals surface area contributed by atoms with Crippen LogP contribution in [0.1, 0.15) is 26.5 Å². The summed E-state index contributed by atoms with van der Waals surface area (Å²) >= 11 is 0. The number of hydrogen-bond donors (Lipinski definition) is 0. The molecule has 5 nitrogen and oxygen atoms in total. The zero-order valence-corrected chi connectivity index (χ0v) is 12.6. The lowest BCUT2D eigenvalue weighted by atomic mass is 10.0. The van der Waals surface area contributed by atoms with E-state index < -0.39 is 24.2 Å². The SMILES string of the molecule is Cn1ccc(C2=CCN(C(=O)OC(C)(C)C)CC2(F)F)n1. The Hall–Kier alpha value is -1.92. The highest BCUT2D eigenvalue weighted by Crippen LogP contribution is 2.35. The smallest absolute Gasteiger partial charge is 0.410 e. The first-order valence-corrected chi connectivity index (χ1v) is 6.65. The Balaban J connectivity index is 2.18. The van der Waals surface area contributed by atoms with Gasteiger partial charge in [-0.1, -0.05) is 6.08 Å². The second kappa shape index (κ2) is 5.13. The predicted molar refractivity (Wildman–Crippen MR) is 73.9 cm³/mol. The molecule has 0 spiro atoms. The van der Waals surface area contributed by atoms with Gasteiger partial charge in [-0.3, -0.25) is 9.58 Å². The van der Waals surface area contributed by atoms with Crippen molar-refractivity contribution in [1.82, 2.24) is 14.7 Å². The van der Waals surface area contributed by atoms with Crippen molar-refractivity contribution < 1.29 is 18.3 Å². The van der Waals surface area contributed by atoms with Crippen LogP contribution in [-0.4, -0.2) is 45.4 Å². The summed E-state index contributed by atoms with van der Waals surface area (Å²) in [6.07, 6.45) is 2.20. The highest BCUT2D eigenvalue weighted by atomic mass is 19.3. The molecule has 0 unspecified atom stereocenters. The standard InChI is InChI=1S/C14H19F2N3O2/c1-13(2,3)21-12(20)19-8-5-10(14(15,16)9-19)11-6-7-18(4)17-11/h5-7H,8-9H2,1-4H3. The van der Waals surface area contributed by atoms with E-state index in [1.807, 2.05) is 0 Å². The summed E-state index contributed by atoms with van der Waals surface area (Å²) in [6.45, 7) is 4.47. The van der Waals surface area contributed by atoms with Crippen LogP contribution in [-0.2, 0) is 11.8 Å². The van der Waals surface area contributed by atoms with Gasteiger partial charge in [0, 0.05) is 25.4 Å². The van der Waals surface area contributed by atoms with Gasteiger partial charge in [0.05, 0.1) is 12.2 Å². The fourth-order valence-corrected chi connectivity index (χ4v) is 2.06. The van der Waals surface area contributed by atoms with Gasteiger partial charge < -0.3 is 4.74 Å². The maximum atomic E-state index is 14.2. The van der Waals surface area contributed by atoms with Crippen LogP contribution in [0, 0.1) is 0 Å². The number of aryl methyl sites for hydroxylation is 1. The minimum atomic E-state index is -3.15. The summed E-state index contributed by atoms with van der Waals surface area (Å²) in [5.41, 5.74) is -0.633. The number of hydrogen-bond acceptors (Lipinski definition) is 3. The Morgan fingerprint density at radius 2 is 2.10 bits per heavy atom. The Bertz CT molecular complexity index is 573. The first-order chi connectivity index (χ1) is 9.58. The Morgan fingerprint density at radius 1 is 1.43 bits per heavy atom. The lowest BCUT2D eigenvalue weighted by Crippen LogP contribution is -2.46. The minimum absolute atomic E-state index is 0.0798. The monoisotopic (exact) mass is 299 g/mol. The number of amides is 1. The number of rotatable bonds is 1. The molecule has 0 bridgehead atoms. The summed E-state index contributed by atoms with van der Waals surface area (Å²) in [5.74, 6) is -3.15. The summed E-state index contributed by atoms with van der Waals surface area (Å²) in [4.78, 5) is 12.9. The molecule has 1 aliphatic rings. The van der Waals surface area contributed by atoms with Gasteiger partial charge in [0.25, 0.3) is 5.92 Å². The Morgan fingerprint density at radius 3 is 2.57 bits per heavy atom. The molecule has 1 aromatic heterocycles. The van der Waals surface area contributed by atoms with E-state index in [9.17, 15) is 13.6 Å². The number of carbonyl (C=O) groups excluding carboxylic acids is 1. The maximum Gasteiger partial charge on any atom is 0.410 e. The van der Waals surface area contributed by atoms with Gasteiger partial charge in [-0.2, -0.15) is 13.9 Å². The van der Waals surface area contributed by atoms with Crippen molar-refractivity contribution in [1.29, 1.82) is 0 Å². The molecule has 1 amide bonds. The third kappa shape index (κ3) is 3.59. The van der Waals surface area contributed by atoms with Crippen LogP contribution in [0.5, 0.6) is 0 Å². The molecule has 0 saturated heterocycles. The molecule has 0 atom stereocenters. The largest absolute Gasteiger partial charge is 0.444 e.